The molecule has 1 fully saturated rings. The summed E-state index contributed by atoms with van der Waals surface area (Å²) < 4.78 is 0. The summed E-state index contributed by atoms with van der Waals surface area (Å²) in [5.74, 6) is -0.796. The quantitative estimate of drug-likeness (QED) is 0.684. The molecule has 1 aliphatic carbocycles. The molecule has 1 N–H and O–H groups in total. The molecule has 0 radical (unpaired) electrons. The van der Waals surface area contributed by atoms with Gasteiger partial charge in [0.1, 0.15) is 0 Å². The maximum absolute atomic E-state index is 10.3. The van der Waals surface area contributed by atoms with Gasteiger partial charge in [0, 0.05) is 12.6 Å². The maximum atomic E-state index is 10.3. The van der Waals surface area contributed by atoms with E-state index in [4.69, 9.17) is 10.4 Å². The van der Waals surface area contributed by atoms with Gasteiger partial charge in [-0.3, -0.25) is 9.69 Å². The van der Waals surface area contributed by atoms with Gasteiger partial charge in [0.05, 0.1) is 18.5 Å². The molecule has 1 unspecified atom stereocenters. The zero-order valence-corrected chi connectivity index (χ0v) is 7.73. The fourth-order valence-electron chi connectivity index (χ4n) is 1.40. The van der Waals surface area contributed by atoms with E-state index in [1.54, 1.807) is 0 Å². The van der Waals surface area contributed by atoms with Crippen molar-refractivity contribution in [1.29, 1.82) is 5.26 Å². The SMILES string of the molecule is CC(C#N)N(CCC(=O)O)C1CC1. The first-order valence-electron chi connectivity index (χ1n) is 4.52. The van der Waals surface area contributed by atoms with Gasteiger partial charge in [0.2, 0.25) is 0 Å². The molecule has 0 saturated heterocycles. The Morgan fingerprint density at radius 1 is 1.77 bits per heavy atom. The van der Waals surface area contributed by atoms with Crippen LogP contribution in [0.5, 0.6) is 0 Å². The largest absolute Gasteiger partial charge is 0.481 e. The highest BCUT2D eigenvalue weighted by Crippen LogP contribution is 2.28. The van der Waals surface area contributed by atoms with Crippen LogP contribution in [0.3, 0.4) is 0 Å². The topological polar surface area (TPSA) is 64.3 Å². The predicted molar refractivity (Wildman–Crippen MR) is 47.1 cm³/mol. The van der Waals surface area contributed by atoms with Gasteiger partial charge < -0.3 is 5.11 Å². The molecule has 0 amide bonds. The molecular formula is C9H14N2O2. The molecule has 4 heteroatoms. The molecule has 13 heavy (non-hydrogen) atoms. The molecule has 0 bridgehead atoms. The molecule has 1 aliphatic rings. The molecule has 0 heterocycles. The third-order valence-corrected chi connectivity index (χ3v) is 2.28. The zero-order chi connectivity index (χ0) is 9.84. The fourth-order valence-corrected chi connectivity index (χ4v) is 1.40. The number of carboxylic acids is 1. The van der Waals surface area contributed by atoms with Crippen LogP contribution in [-0.4, -0.2) is 34.6 Å². The Balaban J connectivity index is 2.39. The van der Waals surface area contributed by atoms with Gasteiger partial charge in [0.25, 0.3) is 0 Å². The van der Waals surface area contributed by atoms with Crippen molar-refractivity contribution in [3.05, 3.63) is 0 Å². The van der Waals surface area contributed by atoms with Crippen LogP contribution in [0.25, 0.3) is 0 Å². The highest BCUT2D eigenvalue weighted by atomic mass is 16.4. The molecule has 1 saturated carbocycles. The summed E-state index contributed by atoms with van der Waals surface area (Å²) in [5, 5.41) is 17.2. The van der Waals surface area contributed by atoms with Crippen molar-refractivity contribution >= 4 is 5.97 Å². The van der Waals surface area contributed by atoms with Crippen molar-refractivity contribution in [2.45, 2.75) is 38.3 Å². The van der Waals surface area contributed by atoms with Crippen LogP contribution in [0.2, 0.25) is 0 Å². The summed E-state index contributed by atoms with van der Waals surface area (Å²) in [6.07, 6.45) is 2.33. The number of nitrogens with zero attached hydrogens (tertiary/aromatic N) is 2. The summed E-state index contributed by atoms with van der Waals surface area (Å²) >= 11 is 0. The highest BCUT2D eigenvalue weighted by molar-refractivity contribution is 5.66. The van der Waals surface area contributed by atoms with Gasteiger partial charge in [0.15, 0.2) is 0 Å². The summed E-state index contributed by atoms with van der Waals surface area (Å²) in [5.41, 5.74) is 0. The maximum Gasteiger partial charge on any atom is 0.304 e. The Hall–Kier alpha value is -1.08. The molecule has 1 atom stereocenters. The lowest BCUT2D eigenvalue weighted by Gasteiger charge is -2.23. The predicted octanol–water partition coefficient (Wildman–Crippen LogP) is 0.838. The van der Waals surface area contributed by atoms with Crippen molar-refractivity contribution in [3.63, 3.8) is 0 Å². The van der Waals surface area contributed by atoms with E-state index < -0.39 is 5.97 Å². The lowest BCUT2D eigenvalue weighted by molar-refractivity contribution is -0.137. The van der Waals surface area contributed by atoms with E-state index in [2.05, 4.69) is 6.07 Å². The van der Waals surface area contributed by atoms with Gasteiger partial charge in [-0.2, -0.15) is 5.26 Å². The van der Waals surface area contributed by atoms with Crippen LogP contribution in [0.4, 0.5) is 0 Å². The smallest absolute Gasteiger partial charge is 0.304 e. The lowest BCUT2D eigenvalue weighted by Crippen LogP contribution is -2.35. The second-order valence-electron chi connectivity index (χ2n) is 3.42. The van der Waals surface area contributed by atoms with Crippen LogP contribution in [0.1, 0.15) is 26.2 Å². The number of hydrogen-bond donors (Lipinski definition) is 1. The summed E-state index contributed by atoms with van der Waals surface area (Å²) in [6, 6.07) is 2.44. The highest BCUT2D eigenvalue weighted by Gasteiger charge is 2.32. The Kier molecular flexibility index (Phi) is 3.26. The molecular weight excluding hydrogens is 168 g/mol. The first-order chi connectivity index (χ1) is 6.15. The minimum atomic E-state index is -0.796. The molecule has 0 aromatic carbocycles. The standard InChI is InChI=1S/C9H14N2O2/c1-7(6-10)11(8-2-3-8)5-4-9(12)13/h7-8H,2-5H2,1H3,(H,12,13). The van der Waals surface area contributed by atoms with Gasteiger partial charge in [-0.25, -0.2) is 0 Å². The average Bonchev–Trinajstić information content (AvgIpc) is 2.87. The number of nitriles is 1. The third kappa shape index (κ3) is 3.03. The number of carboxylic acid groups (broad SMARTS) is 1. The minimum absolute atomic E-state index is 0.128. The van der Waals surface area contributed by atoms with Crippen molar-refractivity contribution in [2.24, 2.45) is 0 Å². The number of aliphatic carboxylic acids is 1. The second kappa shape index (κ2) is 4.24. The summed E-state index contributed by atoms with van der Waals surface area (Å²) in [7, 11) is 0. The van der Waals surface area contributed by atoms with E-state index in [-0.39, 0.29) is 12.5 Å². The van der Waals surface area contributed by atoms with E-state index in [1.807, 2.05) is 11.8 Å². The van der Waals surface area contributed by atoms with Crippen LogP contribution < -0.4 is 0 Å². The van der Waals surface area contributed by atoms with Gasteiger partial charge in [-0.15, -0.1) is 0 Å². The van der Waals surface area contributed by atoms with E-state index >= 15 is 0 Å². The molecule has 1 rings (SSSR count). The Bertz CT molecular complexity index is 230. The zero-order valence-electron chi connectivity index (χ0n) is 7.73. The number of hydrogen-bond acceptors (Lipinski definition) is 3. The normalized spacial score (nSPS) is 18.2. The Morgan fingerprint density at radius 3 is 2.77 bits per heavy atom. The Morgan fingerprint density at radius 2 is 2.38 bits per heavy atom. The van der Waals surface area contributed by atoms with Crippen molar-refractivity contribution in [3.8, 4) is 6.07 Å². The summed E-state index contributed by atoms with van der Waals surface area (Å²) in [4.78, 5) is 12.3. The van der Waals surface area contributed by atoms with Gasteiger partial charge in [-0.05, 0) is 19.8 Å². The van der Waals surface area contributed by atoms with Crippen LogP contribution in [-0.2, 0) is 4.79 Å². The second-order valence-corrected chi connectivity index (χ2v) is 3.42. The van der Waals surface area contributed by atoms with Crippen molar-refractivity contribution in [2.75, 3.05) is 6.54 Å². The van der Waals surface area contributed by atoms with Crippen molar-refractivity contribution < 1.29 is 9.90 Å². The van der Waals surface area contributed by atoms with E-state index in [9.17, 15) is 4.79 Å². The number of carbonyl (C=O) groups is 1. The third-order valence-electron chi connectivity index (χ3n) is 2.28. The molecule has 4 nitrogen and oxygen atoms in total. The minimum Gasteiger partial charge on any atom is -0.481 e. The van der Waals surface area contributed by atoms with Crippen LogP contribution in [0, 0.1) is 11.3 Å². The van der Waals surface area contributed by atoms with Crippen molar-refractivity contribution in [1.82, 2.24) is 4.90 Å². The Labute approximate surface area is 77.8 Å². The first kappa shape index (κ1) is 10.0. The first-order valence-corrected chi connectivity index (χ1v) is 4.52. The molecule has 0 aromatic rings. The molecule has 72 valence electrons. The number of rotatable bonds is 5. The molecule has 0 spiro atoms. The van der Waals surface area contributed by atoms with E-state index in [1.165, 1.54) is 0 Å². The van der Waals surface area contributed by atoms with E-state index in [0.717, 1.165) is 12.8 Å². The average molecular weight is 182 g/mol. The fraction of sp³-hybridized carbons (Fsp3) is 0.778. The molecule has 0 aliphatic heterocycles. The van der Waals surface area contributed by atoms with Gasteiger partial charge >= 0.3 is 5.97 Å². The van der Waals surface area contributed by atoms with E-state index in [0.29, 0.717) is 12.6 Å². The van der Waals surface area contributed by atoms with Gasteiger partial charge in [-0.1, -0.05) is 0 Å². The molecule has 0 aromatic heterocycles. The van der Waals surface area contributed by atoms with Crippen LogP contribution >= 0.6 is 0 Å². The lowest BCUT2D eigenvalue weighted by atomic mass is 10.2. The van der Waals surface area contributed by atoms with Crippen LogP contribution in [0.15, 0.2) is 0 Å². The summed E-state index contributed by atoms with van der Waals surface area (Å²) in [6.45, 7) is 2.31. The monoisotopic (exact) mass is 182 g/mol.